The van der Waals surface area contributed by atoms with E-state index in [2.05, 4.69) is 45.2 Å². The summed E-state index contributed by atoms with van der Waals surface area (Å²) in [5.74, 6) is 0. The summed E-state index contributed by atoms with van der Waals surface area (Å²) in [6.45, 7) is 10.9. The highest BCUT2D eigenvalue weighted by Gasteiger charge is 2.01. The predicted octanol–water partition coefficient (Wildman–Crippen LogP) is 2.59. The fourth-order valence-electron chi connectivity index (χ4n) is 0.775. The molecule has 0 fully saturated rings. The van der Waals surface area contributed by atoms with Crippen LogP contribution in [0.2, 0.25) is 0 Å². The Bertz CT molecular complexity index is 109. The summed E-state index contributed by atoms with van der Waals surface area (Å²) in [7, 11) is 0. The van der Waals surface area contributed by atoms with Crippen LogP contribution in [0.1, 0.15) is 34.1 Å². The Morgan fingerprint density at radius 3 is 2.36 bits per heavy atom. The van der Waals surface area contributed by atoms with Crippen LogP contribution in [-0.4, -0.2) is 13.1 Å². The summed E-state index contributed by atoms with van der Waals surface area (Å²) in [5, 5.41) is 3.32. The van der Waals surface area contributed by atoms with Crippen molar-refractivity contribution in [2.75, 3.05) is 13.1 Å². The van der Waals surface area contributed by atoms with Gasteiger partial charge in [0.1, 0.15) is 0 Å². The van der Waals surface area contributed by atoms with Crippen molar-refractivity contribution in [3.63, 3.8) is 0 Å². The molecule has 1 nitrogen and oxygen atoms in total. The minimum atomic E-state index is 0.327. The number of hydrogen-bond donors (Lipinski definition) is 1. The van der Waals surface area contributed by atoms with Gasteiger partial charge in [0.05, 0.1) is 0 Å². The van der Waals surface area contributed by atoms with Gasteiger partial charge in [-0.3, -0.25) is 0 Å². The van der Waals surface area contributed by atoms with Gasteiger partial charge >= 0.3 is 0 Å². The second-order valence-corrected chi connectivity index (χ2v) is 3.97. The molecule has 0 aliphatic rings. The summed E-state index contributed by atoms with van der Waals surface area (Å²) < 4.78 is 0. The van der Waals surface area contributed by atoms with Gasteiger partial charge in [0.15, 0.2) is 0 Å². The van der Waals surface area contributed by atoms with Crippen LogP contribution in [0.3, 0.4) is 0 Å². The maximum absolute atomic E-state index is 3.32. The molecule has 1 N–H and O–H groups in total. The van der Waals surface area contributed by atoms with E-state index in [4.69, 9.17) is 0 Å². The Labute approximate surface area is 70.9 Å². The number of allylic oxidation sites excluding steroid dienone is 1. The lowest BCUT2D eigenvalue weighted by Gasteiger charge is -2.10. The molecule has 11 heavy (non-hydrogen) atoms. The van der Waals surface area contributed by atoms with Crippen LogP contribution in [0.4, 0.5) is 0 Å². The molecule has 0 amide bonds. The molecule has 0 atom stereocenters. The lowest BCUT2D eigenvalue weighted by Crippen LogP contribution is -2.14. The Morgan fingerprint density at radius 1 is 1.27 bits per heavy atom. The number of hydrogen-bond acceptors (Lipinski definition) is 1. The topological polar surface area (TPSA) is 12.0 Å². The van der Waals surface area contributed by atoms with Crippen molar-refractivity contribution in [2.45, 2.75) is 34.1 Å². The molecule has 0 aromatic rings. The standard InChI is InChI=1S/C10H21N/c1-5-8-11-9-6-7-10(2,3)4/h6-7,11H,5,8-9H2,1-4H3. The lowest BCUT2D eigenvalue weighted by molar-refractivity contribution is 0.541. The minimum Gasteiger partial charge on any atom is -0.313 e. The first-order valence-corrected chi connectivity index (χ1v) is 4.44. The first kappa shape index (κ1) is 10.7. The second kappa shape index (κ2) is 5.36. The maximum Gasteiger partial charge on any atom is 0.0135 e. The van der Waals surface area contributed by atoms with Crippen molar-refractivity contribution in [3.8, 4) is 0 Å². The largest absolute Gasteiger partial charge is 0.313 e. The van der Waals surface area contributed by atoms with E-state index in [-0.39, 0.29) is 0 Å². The van der Waals surface area contributed by atoms with Gasteiger partial charge in [-0.15, -0.1) is 0 Å². The van der Waals surface area contributed by atoms with Crippen LogP contribution >= 0.6 is 0 Å². The molecule has 0 unspecified atom stereocenters. The molecular formula is C10H21N. The van der Waals surface area contributed by atoms with Gasteiger partial charge in [-0.25, -0.2) is 0 Å². The van der Waals surface area contributed by atoms with Crippen LogP contribution in [0, 0.1) is 5.41 Å². The summed E-state index contributed by atoms with van der Waals surface area (Å²) in [6.07, 6.45) is 5.66. The third-order valence-corrected chi connectivity index (χ3v) is 1.31. The average molecular weight is 155 g/mol. The van der Waals surface area contributed by atoms with Crippen molar-refractivity contribution in [2.24, 2.45) is 5.41 Å². The number of rotatable bonds is 4. The molecule has 1 heteroatoms. The van der Waals surface area contributed by atoms with E-state index in [0.717, 1.165) is 13.1 Å². The van der Waals surface area contributed by atoms with Gasteiger partial charge < -0.3 is 5.32 Å². The summed E-state index contributed by atoms with van der Waals surface area (Å²) in [5.41, 5.74) is 0.327. The van der Waals surface area contributed by atoms with Crippen molar-refractivity contribution >= 4 is 0 Å². The normalized spacial score (nSPS) is 12.7. The molecule has 0 spiro atoms. The van der Waals surface area contributed by atoms with Crippen molar-refractivity contribution in [3.05, 3.63) is 12.2 Å². The van der Waals surface area contributed by atoms with E-state index in [9.17, 15) is 0 Å². The molecule has 0 rings (SSSR count). The van der Waals surface area contributed by atoms with E-state index >= 15 is 0 Å². The van der Waals surface area contributed by atoms with Crippen molar-refractivity contribution in [1.82, 2.24) is 5.32 Å². The van der Waals surface area contributed by atoms with E-state index in [1.165, 1.54) is 6.42 Å². The molecular weight excluding hydrogens is 134 g/mol. The summed E-state index contributed by atoms with van der Waals surface area (Å²) in [6, 6.07) is 0. The highest BCUT2D eigenvalue weighted by atomic mass is 14.8. The van der Waals surface area contributed by atoms with Crippen LogP contribution in [0.15, 0.2) is 12.2 Å². The lowest BCUT2D eigenvalue weighted by atomic mass is 9.96. The zero-order valence-corrected chi connectivity index (χ0v) is 8.28. The Balaban J connectivity index is 3.30. The summed E-state index contributed by atoms with van der Waals surface area (Å²) >= 11 is 0. The van der Waals surface area contributed by atoms with Crippen LogP contribution in [-0.2, 0) is 0 Å². The molecule has 0 heterocycles. The molecule has 0 aliphatic heterocycles. The maximum atomic E-state index is 3.32. The minimum absolute atomic E-state index is 0.327. The van der Waals surface area contributed by atoms with E-state index < -0.39 is 0 Å². The van der Waals surface area contributed by atoms with Gasteiger partial charge in [0, 0.05) is 6.54 Å². The second-order valence-electron chi connectivity index (χ2n) is 3.97. The van der Waals surface area contributed by atoms with Crippen LogP contribution < -0.4 is 5.32 Å². The van der Waals surface area contributed by atoms with Crippen molar-refractivity contribution in [1.29, 1.82) is 0 Å². The van der Waals surface area contributed by atoms with Gasteiger partial charge in [0.25, 0.3) is 0 Å². The molecule has 0 aromatic heterocycles. The first-order valence-electron chi connectivity index (χ1n) is 4.44. The Morgan fingerprint density at radius 2 is 1.91 bits per heavy atom. The average Bonchev–Trinajstić information content (AvgIpc) is 1.85. The molecule has 0 aliphatic carbocycles. The van der Waals surface area contributed by atoms with E-state index in [0.29, 0.717) is 5.41 Å². The zero-order valence-electron chi connectivity index (χ0n) is 8.28. The molecule has 0 saturated heterocycles. The fourth-order valence-corrected chi connectivity index (χ4v) is 0.775. The van der Waals surface area contributed by atoms with Gasteiger partial charge in [0.2, 0.25) is 0 Å². The molecule has 66 valence electrons. The monoisotopic (exact) mass is 155 g/mol. The third-order valence-electron chi connectivity index (χ3n) is 1.31. The van der Waals surface area contributed by atoms with E-state index in [1.54, 1.807) is 0 Å². The van der Waals surface area contributed by atoms with Crippen molar-refractivity contribution < 1.29 is 0 Å². The van der Waals surface area contributed by atoms with Crippen LogP contribution in [0.25, 0.3) is 0 Å². The molecule has 0 saturated carbocycles. The Hall–Kier alpha value is -0.300. The van der Waals surface area contributed by atoms with Gasteiger partial charge in [-0.2, -0.15) is 0 Å². The third kappa shape index (κ3) is 9.70. The van der Waals surface area contributed by atoms with E-state index in [1.807, 2.05) is 0 Å². The van der Waals surface area contributed by atoms with Gasteiger partial charge in [-0.1, -0.05) is 39.8 Å². The van der Waals surface area contributed by atoms with Gasteiger partial charge in [-0.05, 0) is 18.4 Å². The molecule has 0 aromatic carbocycles. The number of nitrogens with one attached hydrogen (secondary N) is 1. The quantitative estimate of drug-likeness (QED) is 0.486. The summed E-state index contributed by atoms with van der Waals surface area (Å²) in [4.78, 5) is 0. The Kier molecular flexibility index (Phi) is 5.22. The fraction of sp³-hybridized carbons (Fsp3) is 0.800. The highest BCUT2D eigenvalue weighted by Crippen LogP contribution is 2.13. The molecule has 0 bridgehead atoms. The zero-order chi connectivity index (χ0) is 8.74. The predicted molar refractivity (Wildman–Crippen MR) is 51.8 cm³/mol. The molecule has 0 radical (unpaired) electrons. The smallest absolute Gasteiger partial charge is 0.0135 e. The SMILES string of the molecule is CCCNCC=CC(C)(C)C. The highest BCUT2D eigenvalue weighted by molar-refractivity contribution is 4.93. The first-order chi connectivity index (χ1) is 5.06. The van der Waals surface area contributed by atoms with Crippen LogP contribution in [0.5, 0.6) is 0 Å².